The van der Waals surface area contributed by atoms with Gasteiger partial charge in [0.15, 0.2) is 5.65 Å². The van der Waals surface area contributed by atoms with Gasteiger partial charge in [-0.3, -0.25) is 0 Å². The molecule has 0 saturated carbocycles. The second-order valence-electron chi connectivity index (χ2n) is 3.98. The molecule has 0 atom stereocenters. The molecule has 0 spiro atoms. The second-order valence-corrected chi connectivity index (χ2v) is 4.84. The Morgan fingerprint density at radius 1 is 1.56 bits per heavy atom. The maximum absolute atomic E-state index is 8.87. The summed E-state index contributed by atoms with van der Waals surface area (Å²) in [6.45, 7) is 4.19. The zero-order chi connectivity index (χ0) is 11.7. The predicted molar refractivity (Wildman–Crippen MR) is 66.3 cm³/mol. The Kier molecular flexibility index (Phi) is 2.97. The van der Waals surface area contributed by atoms with Crippen LogP contribution in [0.4, 0.5) is 0 Å². The van der Waals surface area contributed by atoms with E-state index >= 15 is 0 Å². The van der Waals surface area contributed by atoms with Crippen LogP contribution in [-0.4, -0.2) is 9.38 Å². The van der Waals surface area contributed by atoms with Crippen molar-refractivity contribution < 1.29 is 0 Å². The van der Waals surface area contributed by atoms with Crippen LogP contribution in [0.15, 0.2) is 22.8 Å². The number of nitrogens with zero attached hydrogens (tertiary/aromatic N) is 3. The third-order valence-corrected chi connectivity index (χ3v) is 3.14. The van der Waals surface area contributed by atoms with Crippen LogP contribution in [0.3, 0.4) is 0 Å². The highest BCUT2D eigenvalue weighted by Gasteiger charge is 2.15. The van der Waals surface area contributed by atoms with Gasteiger partial charge >= 0.3 is 0 Å². The molecule has 0 aliphatic carbocycles. The summed E-state index contributed by atoms with van der Waals surface area (Å²) in [6, 6.07) is 6.11. The Bertz CT molecular complexity index is 563. The molecule has 82 valence electrons. The average molecular weight is 278 g/mol. The first-order valence-corrected chi connectivity index (χ1v) is 5.96. The summed E-state index contributed by atoms with van der Waals surface area (Å²) in [5, 5.41) is 8.87. The minimum absolute atomic E-state index is 0.329. The molecule has 3 nitrogen and oxygen atoms in total. The molecule has 2 aromatic heterocycles. The van der Waals surface area contributed by atoms with Crippen LogP contribution < -0.4 is 0 Å². The van der Waals surface area contributed by atoms with Crippen LogP contribution in [0.1, 0.15) is 31.2 Å². The molecular formula is C12H12BrN3. The third-order valence-electron chi connectivity index (χ3n) is 2.53. The Balaban J connectivity index is 2.76. The lowest BCUT2D eigenvalue weighted by atomic mass is 10.1. The zero-order valence-corrected chi connectivity index (χ0v) is 10.8. The number of imidazole rings is 1. The highest BCUT2D eigenvalue weighted by atomic mass is 79.9. The second kappa shape index (κ2) is 4.26. The number of halogens is 1. The molecule has 0 aromatic carbocycles. The largest absolute Gasteiger partial charge is 0.302 e. The Morgan fingerprint density at radius 2 is 2.31 bits per heavy atom. The average Bonchev–Trinajstić information content (AvgIpc) is 2.60. The van der Waals surface area contributed by atoms with E-state index in [0.717, 1.165) is 21.5 Å². The number of pyridine rings is 1. The molecule has 0 saturated heterocycles. The molecule has 0 aliphatic heterocycles. The molecule has 2 heterocycles. The summed E-state index contributed by atoms with van der Waals surface area (Å²) >= 11 is 3.48. The van der Waals surface area contributed by atoms with Gasteiger partial charge in [0.25, 0.3) is 0 Å². The quantitative estimate of drug-likeness (QED) is 0.845. The van der Waals surface area contributed by atoms with Crippen LogP contribution in [-0.2, 0) is 6.42 Å². The van der Waals surface area contributed by atoms with Crippen molar-refractivity contribution in [2.24, 2.45) is 0 Å². The van der Waals surface area contributed by atoms with E-state index in [9.17, 15) is 0 Å². The normalized spacial score (nSPS) is 10.9. The number of fused-ring (bicyclic) bond motifs is 1. The molecule has 16 heavy (non-hydrogen) atoms. The van der Waals surface area contributed by atoms with E-state index < -0.39 is 0 Å². The summed E-state index contributed by atoms with van der Waals surface area (Å²) in [4.78, 5) is 4.60. The summed E-state index contributed by atoms with van der Waals surface area (Å²) in [7, 11) is 0. The Hall–Kier alpha value is -1.34. The van der Waals surface area contributed by atoms with Gasteiger partial charge in [-0.2, -0.15) is 5.26 Å². The van der Waals surface area contributed by atoms with Crippen LogP contribution >= 0.6 is 15.9 Å². The van der Waals surface area contributed by atoms with Crippen molar-refractivity contribution in [1.29, 1.82) is 5.26 Å². The summed E-state index contributed by atoms with van der Waals surface area (Å²) in [5.74, 6) is 0.329. The minimum Gasteiger partial charge on any atom is -0.302 e. The van der Waals surface area contributed by atoms with Gasteiger partial charge in [0.1, 0.15) is 0 Å². The molecular weight excluding hydrogens is 266 g/mol. The van der Waals surface area contributed by atoms with Crippen molar-refractivity contribution in [3.05, 3.63) is 34.2 Å². The first kappa shape index (κ1) is 11.2. The van der Waals surface area contributed by atoms with Crippen LogP contribution in [0.25, 0.3) is 5.65 Å². The number of rotatable bonds is 2. The van der Waals surface area contributed by atoms with Crippen LogP contribution in [0.5, 0.6) is 0 Å². The van der Waals surface area contributed by atoms with Crippen molar-refractivity contribution >= 4 is 21.6 Å². The molecule has 0 amide bonds. The van der Waals surface area contributed by atoms with E-state index in [1.54, 1.807) is 0 Å². The number of hydrogen-bond acceptors (Lipinski definition) is 2. The van der Waals surface area contributed by atoms with E-state index in [1.165, 1.54) is 0 Å². The monoisotopic (exact) mass is 277 g/mol. The van der Waals surface area contributed by atoms with Gasteiger partial charge in [-0.1, -0.05) is 13.8 Å². The minimum atomic E-state index is 0.329. The van der Waals surface area contributed by atoms with Gasteiger partial charge in [0, 0.05) is 6.20 Å². The smallest absolute Gasteiger partial charge is 0.151 e. The topological polar surface area (TPSA) is 41.1 Å². The summed E-state index contributed by atoms with van der Waals surface area (Å²) in [5.41, 5.74) is 2.89. The van der Waals surface area contributed by atoms with Crippen molar-refractivity contribution in [2.45, 2.75) is 26.2 Å². The lowest BCUT2D eigenvalue weighted by Crippen LogP contribution is -1.97. The van der Waals surface area contributed by atoms with Crippen molar-refractivity contribution in [3.8, 4) is 6.07 Å². The Labute approximate surface area is 103 Å². The van der Waals surface area contributed by atoms with Crippen LogP contribution in [0.2, 0.25) is 0 Å². The number of hydrogen-bond donors (Lipinski definition) is 0. The highest BCUT2D eigenvalue weighted by molar-refractivity contribution is 9.10. The first-order valence-electron chi connectivity index (χ1n) is 5.17. The van der Waals surface area contributed by atoms with Crippen molar-refractivity contribution in [1.82, 2.24) is 9.38 Å². The van der Waals surface area contributed by atoms with Gasteiger partial charge in [0.2, 0.25) is 0 Å². The zero-order valence-electron chi connectivity index (χ0n) is 9.24. The summed E-state index contributed by atoms with van der Waals surface area (Å²) < 4.78 is 2.95. The van der Waals surface area contributed by atoms with Gasteiger partial charge in [-0.05, 0) is 34.0 Å². The molecule has 2 aromatic rings. The lowest BCUT2D eigenvalue weighted by molar-refractivity contribution is 0.814. The van der Waals surface area contributed by atoms with Gasteiger partial charge < -0.3 is 4.40 Å². The van der Waals surface area contributed by atoms with E-state index in [0.29, 0.717) is 12.3 Å². The van der Waals surface area contributed by atoms with Crippen molar-refractivity contribution in [2.75, 3.05) is 0 Å². The molecule has 0 fully saturated rings. The standard InChI is InChI=1S/C12H12BrN3/c1-8(2)11-10(5-6-14)16-7-3-4-9(13)12(16)15-11/h3-4,7-8H,5H2,1-2H3. The predicted octanol–water partition coefficient (Wildman–Crippen LogP) is 3.29. The van der Waals surface area contributed by atoms with E-state index in [4.69, 9.17) is 5.26 Å². The van der Waals surface area contributed by atoms with Gasteiger partial charge in [-0.15, -0.1) is 0 Å². The molecule has 2 rings (SSSR count). The Morgan fingerprint density at radius 3 is 2.94 bits per heavy atom. The fourth-order valence-electron chi connectivity index (χ4n) is 1.81. The van der Waals surface area contributed by atoms with E-state index in [2.05, 4.69) is 40.8 Å². The molecule has 4 heteroatoms. The SMILES string of the molecule is CC(C)c1nc2c(Br)cccn2c1CC#N. The van der Waals surface area contributed by atoms with Crippen molar-refractivity contribution in [3.63, 3.8) is 0 Å². The lowest BCUT2D eigenvalue weighted by Gasteiger charge is -2.03. The van der Waals surface area contributed by atoms with E-state index in [1.807, 2.05) is 22.7 Å². The fourth-order valence-corrected chi connectivity index (χ4v) is 2.25. The fraction of sp³-hybridized carbons (Fsp3) is 0.333. The summed E-state index contributed by atoms with van der Waals surface area (Å²) in [6.07, 6.45) is 2.34. The molecule has 0 N–H and O–H groups in total. The van der Waals surface area contributed by atoms with Gasteiger partial charge in [-0.25, -0.2) is 4.98 Å². The number of aromatic nitrogens is 2. The maximum atomic E-state index is 8.87. The number of nitriles is 1. The maximum Gasteiger partial charge on any atom is 0.151 e. The first-order chi connectivity index (χ1) is 7.65. The van der Waals surface area contributed by atoms with Crippen LogP contribution in [0, 0.1) is 11.3 Å². The molecule has 0 bridgehead atoms. The molecule has 0 unspecified atom stereocenters. The molecule has 0 aliphatic rings. The van der Waals surface area contributed by atoms with E-state index in [-0.39, 0.29) is 0 Å². The highest BCUT2D eigenvalue weighted by Crippen LogP contribution is 2.25. The molecule has 0 radical (unpaired) electrons. The van der Waals surface area contributed by atoms with Gasteiger partial charge in [0.05, 0.1) is 28.4 Å². The third kappa shape index (κ3) is 1.72.